The molecule has 2 atom stereocenters. The zero-order valence-corrected chi connectivity index (χ0v) is 9.76. The van der Waals surface area contributed by atoms with Gasteiger partial charge in [-0.2, -0.15) is 0 Å². The number of nitro groups is 1. The van der Waals surface area contributed by atoms with Crippen LogP contribution in [0.3, 0.4) is 0 Å². The molecule has 1 aliphatic carbocycles. The molecule has 92 valence electrons. The van der Waals surface area contributed by atoms with E-state index in [9.17, 15) is 10.1 Å². The number of nitrogens with two attached hydrogens (primary N) is 1. The van der Waals surface area contributed by atoms with Crippen molar-refractivity contribution in [2.45, 2.75) is 38.3 Å². The Hall–Kier alpha value is -1.62. The van der Waals surface area contributed by atoms with Crippen LogP contribution in [0.5, 0.6) is 5.75 Å². The number of para-hydroxylation sites is 1. The van der Waals surface area contributed by atoms with Gasteiger partial charge in [0.05, 0.1) is 4.92 Å². The van der Waals surface area contributed by atoms with Crippen LogP contribution >= 0.6 is 0 Å². The molecule has 5 nitrogen and oxygen atoms in total. The Balaban J connectivity index is 2.22. The molecule has 1 aromatic rings. The summed E-state index contributed by atoms with van der Waals surface area (Å²) in [7, 11) is 0. The smallest absolute Gasteiger partial charge is 0.311 e. The fourth-order valence-electron chi connectivity index (χ4n) is 2.18. The number of ether oxygens (including phenoxy) is 1. The van der Waals surface area contributed by atoms with Gasteiger partial charge in [0, 0.05) is 12.1 Å². The number of aryl methyl sites for hydroxylation is 1. The molecule has 0 spiro atoms. The normalized spacial score (nSPS) is 23.6. The molecule has 0 bridgehead atoms. The van der Waals surface area contributed by atoms with Gasteiger partial charge in [0.1, 0.15) is 6.10 Å². The summed E-state index contributed by atoms with van der Waals surface area (Å²) in [5, 5.41) is 10.9. The average molecular weight is 236 g/mol. The van der Waals surface area contributed by atoms with Gasteiger partial charge >= 0.3 is 5.69 Å². The Labute approximate surface area is 99.7 Å². The summed E-state index contributed by atoms with van der Waals surface area (Å²) < 4.78 is 5.75. The molecular formula is C12H16N2O3. The van der Waals surface area contributed by atoms with E-state index < -0.39 is 4.92 Å². The van der Waals surface area contributed by atoms with Crippen LogP contribution in [0, 0.1) is 17.0 Å². The molecule has 0 heterocycles. The Bertz CT molecular complexity index is 434. The largest absolute Gasteiger partial charge is 0.483 e. The summed E-state index contributed by atoms with van der Waals surface area (Å²) in [6.07, 6.45) is 2.56. The highest BCUT2D eigenvalue weighted by Gasteiger charge is 2.26. The Morgan fingerprint density at radius 1 is 1.47 bits per heavy atom. The summed E-state index contributed by atoms with van der Waals surface area (Å²) >= 11 is 0. The fourth-order valence-corrected chi connectivity index (χ4v) is 2.18. The van der Waals surface area contributed by atoms with Crippen LogP contribution in [0.15, 0.2) is 18.2 Å². The molecule has 0 radical (unpaired) electrons. The first kappa shape index (κ1) is 11.9. The lowest BCUT2D eigenvalue weighted by Crippen LogP contribution is -2.19. The van der Waals surface area contributed by atoms with Gasteiger partial charge in [-0.05, 0) is 31.7 Å². The molecular weight excluding hydrogens is 220 g/mol. The lowest BCUT2D eigenvalue weighted by Gasteiger charge is -2.15. The van der Waals surface area contributed by atoms with Crippen molar-refractivity contribution < 1.29 is 9.66 Å². The second kappa shape index (κ2) is 4.71. The maximum absolute atomic E-state index is 10.9. The maximum atomic E-state index is 10.9. The monoisotopic (exact) mass is 236 g/mol. The van der Waals surface area contributed by atoms with E-state index in [1.807, 2.05) is 13.0 Å². The fraction of sp³-hybridized carbons (Fsp3) is 0.500. The second-order valence-electron chi connectivity index (χ2n) is 4.49. The van der Waals surface area contributed by atoms with Gasteiger partial charge < -0.3 is 10.5 Å². The predicted molar refractivity (Wildman–Crippen MR) is 64.1 cm³/mol. The molecule has 0 aliphatic heterocycles. The summed E-state index contributed by atoms with van der Waals surface area (Å²) in [5.74, 6) is 0.386. The van der Waals surface area contributed by atoms with Crippen molar-refractivity contribution in [3.8, 4) is 5.75 Å². The predicted octanol–water partition coefficient (Wildman–Crippen LogP) is 2.16. The third-order valence-corrected chi connectivity index (χ3v) is 3.10. The van der Waals surface area contributed by atoms with Crippen LogP contribution in [-0.2, 0) is 0 Å². The van der Waals surface area contributed by atoms with Gasteiger partial charge in [-0.15, -0.1) is 0 Å². The Kier molecular flexibility index (Phi) is 3.28. The molecule has 1 aliphatic rings. The number of hydrogen-bond acceptors (Lipinski definition) is 4. The van der Waals surface area contributed by atoms with Crippen LogP contribution in [-0.4, -0.2) is 17.1 Å². The van der Waals surface area contributed by atoms with Gasteiger partial charge in [0.2, 0.25) is 0 Å². The zero-order chi connectivity index (χ0) is 12.4. The minimum absolute atomic E-state index is 0.00444. The molecule has 0 saturated heterocycles. The van der Waals surface area contributed by atoms with E-state index in [1.54, 1.807) is 6.07 Å². The van der Waals surface area contributed by atoms with E-state index >= 15 is 0 Å². The molecule has 1 fully saturated rings. The first-order valence-corrected chi connectivity index (χ1v) is 5.74. The third kappa shape index (κ3) is 2.55. The highest BCUT2D eigenvalue weighted by Crippen LogP contribution is 2.33. The summed E-state index contributed by atoms with van der Waals surface area (Å²) in [6.45, 7) is 1.82. The lowest BCUT2D eigenvalue weighted by atomic mass is 10.2. The van der Waals surface area contributed by atoms with Crippen molar-refractivity contribution in [1.82, 2.24) is 0 Å². The molecule has 2 N–H and O–H groups in total. The number of hydrogen-bond donors (Lipinski definition) is 1. The van der Waals surface area contributed by atoms with Gasteiger partial charge in [-0.3, -0.25) is 10.1 Å². The minimum Gasteiger partial charge on any atom is -0.483 e. The van der Waals surface area contributed by atoms with Crippen molar-refractivity contribution in [1.29, 1.82) is 0 Å². The second-order valence-corrected chi connectivity index (χ2v) is 4.49. The molecule has 17 heavy (non-hydrogen) atoms. The van der Waals surface area contributed by atoms with Crippen molar-refractivity contribution >= 4 is 5.69 Å². The first-order chi connectivity index (χ1) is 8.08. The van der Waals surface area contributed by atoms with Crippen LogP contribution in [0.25, 0.3) is 0 Å². The summed E-state index contributed by atoms with van der Waals surface area (Å²) in [5.41, 5.74) is 6.63. The number of benzene rings is 1. The molecule has 0 aromatic heterocycles. The molecule has 1 aromatic carbocycles. The quantitative estimate of drug-likeness (QED) is 0.644. The molecule has 2 unspecified atom stereocenters. The topological polar surface area (TPSA) is 78.4 Å². The summed E-state index contributed by atoms with van der Waals surface area (Å²) in [6, 6.07) is 5.11. The van der Waals surface area contributed by atoms with Crippen LogP contribution in [0.4, 0.5) is 5.69 Å². The van der Waals surface area contributed by atoms with Crippen LogP contribution in [0.2, 0.25) is 0 Å². The zero-order valence-electron chi connectivity index (χ0n) is 9.76. The van der Waals surface area contributed by atoms with Crippen molar-refractivity contribution in [3.05, 3.63) is 33.9 Å². The Morgan fingerprint density at radius 3 is 2.82 bits per heavy atom. The SMILES string of the molecule is Cc1cccc([N+](=O)[O-])c1OC1CCC(N)C1. The maximum Gasteiger partial charge on any atom is 0.311 e. The molecule has 2 rings (SSSR count). The van der Waals surface area contributed by atoms with Crippen molar-refractivity contribution in [2.24, 2.45) is 5.73 Å². The van der Waals surface area contributed by atoms with Gasteiger partial charge in [-0.1, -0.05) is 12.1 Å². The standard InChI is InChI=1S/C12H16N2O3/c1-8-3-2-4-11(14(15)16)12(8)17-10-6-5-9(13)7-10/h2-4,9-10H,5-7,13H2,1H3. The van der Waals surface area contributed by atoms with Crippen LogP contribution in [0.1, 0.15) is 24.8 Å². The molecule has 0 amide bonds. The van der Waals surface area contributed by atoms with Crippen LogP contribution < -0.4 is 10.5 Å². The number of nitro benzene ring substituents is 1. The summed E-state index contributed by atoms with van der Waals surface area (Å²) in [4.78, 5) is 10.5. The van der Waals surface area contributed by atoms with Gasteiger partial charge in [-0.25, -0.2) is 0 Å². The van der Waals surface area contributed by atoms with E-state index in [1.165, 1.54) is 6.07 Å². The van der Waals surface area contributed by atoms with E-state index in [4.69, 9.17) is 10.5 Å². The minimum atomic E-state index is -0.406. The average Bonchev–Trinajstić information content (AvgIpc) is 2.67. The molecule has 1 saturated carbocycles. The lowest BCUT2D eigenvalue weighted by molar-refractivity contribution is -0.386. The highest BCUT2D eigenvalue weighted by molar-refractivity contribution is 5.51. The van der Waals surface area contributed by atoms with E-state index in [2.05, 4.69) is 0 Å². The van der Waals surface area contributed by atoms with Crippen molar-refractivity contribution in [2.75, 3.05) is 0 Å². The Morgan fingerprint density at radius 2 is 2.24 bits per heavy atom. The van der Waals surface area contributed by atoms with Crippen molar-refractivity contribution in [3.63, 3.8) is 0 Å². The molecule has 5 heteroatoms. The van der Waals surface area contributed by atoms with E-state index in [0.29, 0.717) is 5.75 Å². The van der Waals surface area contributed by atoms with Gasteiger partial charge in [0.15, 0.2) is 5.75 Å². The van der Waals surface area contributed by atoms with Gasteiger partial charge in [0.25, 0.3) is 0 Å². The highest BCUT2D eigenvalue weighted by atomic mass is 16.6. The van der Waals surface area contributed by atoms with E-state index in [-0.39, 0.29) is 17.8 Å². The van der Waals surface area contributed by atoms with E-state index in [0.717, 1.165) is 24.8 Å². The number of nitrogens with zero attached hydrogens (tertiary/aromatic N) is 1. The first-order valence-electron chi connectivity index (χ1n) is 5.74. The number of rotatable bonds is 3. The third-order valence-electron chi connectivity index (χ3n) is 3.10.